The van der Waals surface area contributed by atoms with Crippen molar-refractivity contribution in [1.82, 2.24) is 14.8 Å². The van der Waals surface area contributed by atoms with Crippen molar-refractivity contribution in [2.45, 2.75) is 24.1 Å². The maximum Gasteiger partial charge on any atom is 0.191 e. The summed E-state index contributed by atoms with van der Waals surface area (Å²) in [4.78, 5) is 0. The van der Waals surface area contributed by atoms with Gasteiger partial charge in [-0.25, -0.2) is 0 Å². The molecule has 108 valence electrons. The molecule has 1 saturated heterocycles. The van der Waals surface area contributed by atoms with E-state index in [9.17, 15) is 0 Å². The van der Waals surface area contributed by atoms with Gasteiger partial charge in [-0.1, -0.05) is 23.9 Å². The molecule has 0 N–H and O–H groups in total. The molecule has 1 atom stereocenters. The molecule has 5 nitrogen and oxygen atoms in total. The number of benzene rings is 1. The molecule has 0 bridgehead atoms. The van der Waals surface area contributed by atoms with Gasteiger partial charge in [0.2, 0.25) is 0 Å². The molecule has 0 aliphatic carbocycles. The van der Waals surface area contributed by atoms with E-state index in [-0.39, 0.29) is 0 Å². The van der Waals surface area contributed by atoms with Crippen LogP contribution in [0.3, 0.4) is 0 Å². The van der Waals surface area contributed by atoms with Crippen molar-refractivity contribution in [3.63, 3.8) is 0 Å². The van der Waals surface area contributed by atoms with Gasteiger partial charge >= 0.3 is 0 Å². The van der Waals surface area contributed by atoms with Gasteiger partial charge in [0.15, 0.2) is 11.0 Å². The predicted molar refractivity (Wildman–Crippen MR) is 80.9 cm³/mol. The normalized spacial score (nSPS) is 17.8. The Bertz CT molecular complexity index is 671. The molecular formula is C15H16N4OS. The van der Waals surface area contributed by atoms with Crippen molar-refractivity contribution >= 4 is 11.8 Å². The molecule has 1 aromatic carbocycles. The first-order chi connectivity index (χ1) is 10.3. The molecule has 1 aliphatic rings. The van der Waals surface area contributed by atoms with E-state index in [0.29, 0.717) is 11.7 Å². The Hall–Kier alpha value is -1.84. The average Bonchev–Trinajstić information content (AvgIpc) is 3.15. The fourth-order valence-electron chi connectivity index (χ4n) is 2.36. The van der Waals surface area contributed by atoms with Gasteiger partial charge < -0.3 is 9.30 Å². The topological polar surface area (TPSA) is 63.7 Å². The van der Waals surface area contributed by atoms with E-state index in [2.05, 4.69) is 16.3 Å². The van der Waals surface area contributed by atoms with Gasteiger partial charge in [0.05, 0.1) is 17.7 Å². The standard InChI is InChI=1S/C15H16N4OS/c1-19-14(12-5-2-4-11(8-12)9-16)17-18-15(19)21-10-13-6-3-7-20-13/h2,4-5,8,13H,3,6-7,10H2,1H3/t13-/m1/s1. The van der Waals surface area contributed by atoms with E-state index < -0.39 is 0 Å². The molecule has 2 aromatic rings. The van der Waals surface area contributed by atoms with Crippen LogP contribution < -0.4 is 0 Å². The van der Waals surface area contributed by atoms with Crippen molar-refractivity contribution in [2.75, 3.05) is 12.4 Å². The lowest BCUT2D eigenvalue weighted by Gasteiger charge is -2.08. The number of ether oxygens (including phenoxy) is 1. The van der Waals surface area contributed by atoms with E-state index >= 15 is 0 Å². The van der Waals surface area contributed by atoms with Gasteiger partial charge in [-0.3, -0.25) is 0 Å². The largest absolute Gasteiger partial charge is 0.377 e. The summed E-state index contributed by atoms with van der Waals surface area (Å²) >= 11 is 1.67. The Balaban J connectivity index is 1.76. The fourth-order valence-corrected chi connectivity index (χ4v) is 3.34. The smallest absolute Gasteiger partial charge is 0.191 e. The van der Waals surface area contributed by atoms with Crippen LogP contribution in [-0.4, -0.2) is 33.2 Å². The summed E-state index contributed by atoms with van der Waals surface area (Å²) in [7, 11) is 1.95. The van der Waals surface area contributed by atoms with E-state index in [0.717, 1.165) is 41.7 Å². The van der Waals surface area contributed by atoms with Crippen LogP contribution in [0.4, 0.5) is 0 Å². The van der Waals surface area contributed by atoms with Gasteiger partial charge in [-0.2, -0.15) is 5.26 Å². The molecule has 0 amide bonds. The van der Waals surface area contributed by atoms with Crippen LogP contribution in [0.1, 0.15) is 18.4 Å². The molecular weight excluding hydrogens is 284 g/mol. The molecule has 0 unspecified atom stereocenters. The summed E-state index contributed by atoms with van der Waals surface area (Å²) in [5, 5.41) is 18.4. The highest BCUT2D eigenvalue weighted by atomic mass is 32.2. The fraction of sp³-hybridized carbons (Fsp3) is 0.400. The first-order valence-corrected chi connectivity index (χ1v) is 7.91. The SMILES string of the molecule is Cn1c(SC[C@H]2CCCO2)nnc1-c1cccc(C#N)c1. The van der Waals surface area contributed by atoms with Crippen molar-refractivity contribution in [1.29, 1.82) is 5.26 Å². The molecule has 3 rings (SSSR count). The monoisotopic (exact) mass is 300 g/mol. The second-order valence-corrected chi connectivity index (χ2v) is 5.99. The van der Waals surface area contributed by atoms with Crippen LogP contribution in [0.5, 0.6) is 0 Å². The van der Waals surface area contributed by atoms with Gasteiger partial charge in [-0.15, -0.1) is 10.2 Å². The van der Waals surface area contributed by atoms with Crippen LogP contribution >= 0.6 is 11.8 Å². The number of nitrogens with zero attached hydrogens (tertiary/aromatic N) is 4. The zero-order chi connectivity index (χ0) is 14.7. The minimum Gasteiger partial charge on any atom is -0.377 e. The minimum atomic E-state index is 0.331. The molecule has 0 radical (unpaired) electrons. The summed E-state index contributed by atoms with van der Waals surface area (Å²) in [5.74, 6) is 1.69. The van der Waals surface area contributed by atoms with Crippen LogP contribution in [0.25, 0.3) is 11.4 Å². The molecule has 2 heterocycles. The van der Waals surface area contributed by atoms with Crippen molar-refractivity contribution < 1.29 is 4.74 Å². The maximum absolute atomic E-state index is 8.98. The molecule has 1 aliphatic heterocycles. The quantitative estimate of drug-likeness (QED) is 0.812. The number of hydrogen-bond acceptors (Lipinski definition) is 5. The summed E-state index contributed by atoms with van der Waals surface area (Å²) in [5.41, 5.74) is 1.54. The number of rotatable bonds is 4. The van der Waals surface area contributed by atoms with Crippen molar-refractivity contribution in [2.24, 2.45) is 7.05 Å². The highest BCUT2D eigenvalue weighted by molar-refractivity contribution is 7.99. The molecule has 0 spiro atoms. The van der Waals surface area contributed by atoms with E-state index in [1.54, 1.807) is 17.8 Å². The van der Waals surface area contributed by atoms with Gasteiger partial charge in [0.25, 0.3) is 0 Å². The maximum atomic E-state index is 8.98. The van der Waals surface area contributed by atoms with Crippen molar-refractivity contribution in [3.05, 3.63) is 29.8 Å². The van der Waals surface area contributed by atoms with Crippen LogP contribution in [0, 0.1) is 11.3 Å². The first-order valence-electron chi connectivity index (χ1n) is 6.92. The van der Waals surface area contributed by atoms with Gasteiger partial charge in [0, 0.05) is 25.0 Å². The molecule has 21 heavy (non-hydrogen) atoms. The third-order valence-electron chi connectivity index (χ3n) is 3.51. The molecule has 1 aromatic heterocycles. The number of thioether (sulfide) groups is 1. The lowest BCUT2D eigenvalue weighted by Crippen LogP contribution is -2.08. The van der Waals surface area contributed by atoms with E-state index in [4.69, 9.17) is 10.00 Å². The zero-order valence-corrected chi connectivity index (χ0v) is 12.6. The Morgan fingerprint density at radius 2 is 2.38 bits per heavy atom. The van der Waals surface area contributed by atoms with Crippen LogP contribution in [0.15, 0.2) is 29.4 Å². The zero-order valence-electron chi connectivity index (χ0n) is 11.8. The van der Waals surface area contributed by atoms with Crippen LogP contribution in [-0.2, 0) is 11.8 Å². The second kappa shape index (κ2) is 6.29. The number of aromatic nitrogens is 3. The van der Waals surface area contributed by atoms with Gasteiger partial charge in [0.1, 0.15) is 0 Å². The molecule has 0 saturated carbocycles. The highest BCUT2D eigenvalue weighted by Gasteiger charge is 2.18. The molecule has 1 fully saturated rings. The van der Waals surface area contributed by atoms with E-state index in [1.807, 2.05) is 29.8 Å². The number of hydrogen-bond donors (Lipinski definition) is 0. The Kier molecular flexibility index (Phi) is 4.23. The average molecular weight is 300 g/mol. The van der Waals surface area contributed by atoms with E-state index in [1.165, 1.54) is 0 Å². The first kappa shape index (κ1) is 14.1. The Morgan fingerprint density at radius 3 is 3.14 bits per heavy atom. The lowest BCUT2D eigenvalue weighted by molar-refractivity contribution is 0.129. The number of nitriles is 1. The Labute approximate surface area is 127 Å². The highest BCUT2D eigenvalue weighted by Crippen LogP contribution is 2.26. The Morgan fingerprint density at radius 1 is 1.48 bits per heavy atom. The second-order valence-electron chi connectivity index (χ2n) is 5.00. The lowest BCUT2D eigenvalue weighted by atomic mass is 10.1. The minimum absolute atomic E-state index is 0.331. The molecule has 6 heteroatoms. The van der Waals surface area contributed by atoms with Gasteiger partial charge in [-0.05, 0) is 25.0 Å². The van der Waals surface area contributed by atoms with Crippen LogP contribution in [0.2, 0.25) is 0 Å². The summed E-state index contributed by atoms with van der Waals surface area (Å²) in [6.45, 7) is 0.871. The third kappa shape index (κ3) is 3.09. The third-order valence-corrected chi connectivity index (χ3v) is 4.66. The summed E-state index contributed by atoms with van der Waals surface area (Å²) in [6, 6.07) is 9.57. The summed E-state index contributed by atoms with van der Waals surface area (Å²) in [6.07, 6.45) is 2.61. The predicted octanol–water partition coefficient (Wildman–Crippen LogP) is 2.62. The van der Waals surface area contributed by atoms with Crippen molar-refractivity contribution in [3.8, 4) is 17.5 Å². The summed E-state index contributed by atoms with van der Waals surface area (Å²) < 4.78 is 7.59.